The minimum atomic E-state index is -4.61. The Labute approximate surface area is 462 Å². The Bertz CT molecular complexity index is 1680. The number of quaternary nitrogens is 1. The molecule has 0 fully saturated rings. The van der Waals surface area contributed by atoms with Crippen LogP contribution in [0.1, 0.15) is 226 Å². The zero-order valence-corrected chi connectivity index (χ0v) is 49.6. The lowest BCUT2D eigenvalue weighted by Gasteiger charge is -2.29. The molecular formula is C66H113N2O6P. The topological polar surface area (TPSA) is 108 Å². The number of amides is 1. The first-order chi connectivity index (χ1) is 36.5. The van der Waals surface area contributed by atoms with Crippen LogP contribution < -0.4 is 10.2 Å². The fraction of sp³-hybridized carbons (Fsp3) is 0.652. The van der Waals surface area contributed by atoms with E-state index >= 15 is 0 Å². The van der Waals surface area contributed by atoms with E-state index in [1.165, 1.54) is 103 Å². The number of aliphatic hydroxyl groups excluding tert-OH is 1. The third-order valence-corrected chi connectivity index (χ3v) is 13.5. The molecule has 0 saturated carbocycles. The first-order valence-corrected chi connectivity index (χ1v) is 31.5. The van der Waals surface area contributed by atoms with Gasteiger partial charge in [-0.2, -0.15) is 0 Å². The fourth-order valence-electron chi connectivity index (χ4n) is 7.91. The summed E-state index contributed by atoms with van der Waals surface area (Å²) in [5.74, 6) is -0.218. The minimum absolute atomic E-state index is 0.0145. The van der Waals surface area contributed by atoms with Gasteiger partial charge in [0.2, 0.25) is 5.91 Å². The second-order valence-corrected chi connectivity index (χ2v) is 22.4. The van der Waals surface area contributed by atoms with Gasteiger partial charge in [-0.15, -0.1) is 0 Å². The summed E-state index contributed by atoms with van der Waals surface area (Å²) >= 11 is 0. The first kappa shape index (κ1) is 71.6. The van der Waals surface area contributed by atoms with Crippen LogP contribution in [-0.2, 0) is 18.4 Å². The van der Waals surface area contributed by atoms with Crippen molar-refractivity contribution in [2.24, 2.45) is 0 Å². The van der Waals surface area contributed by atoms with Crippen LogP contribution in [0.25, 0.3) is 0 Å². The molecule has 1 amide bonds. The number of aliphatic hydroxyl groups is 1. The highest BCUT2D eigenvalue weighted by Crippen LogP contribution is 2.38. The Kier molecular flexibility index (Phi) is 52.9. The number of carbonyl (C=O) groups is 1. The Morgan fingerprint density at radius 2 is 0.827 bits per heavy atom. The predicted octanol–water partition coefficient (Wildman–Crippen LogP) is 18.1. The van der Waals surface area contributed by atoms with E-state index in [1.807, 2.05) is 27.2 Å². The van der Waals surface area contributed by atoms with Crippen molar-refractivity contribution in [3.8, 4) is 0 Å². The van der Waals surface area contributed by atoms with E-state index in [4.69, 9.17) is 9.05 Å². The van der Waals surface area contributed by atoms with Gasteiger partial charge in [0, 0.05) is 6.42 Å². The van der Waals surface area contributed by atoms with Crippen LogP contribution in [0.2, 0.25) is 0 Å². The Morgan fingerprint density at radius 1 is 0.480 bits per heavy atom. The Hall–Kier alpha value is -3.36. The summed E-state index contributed by atoms with van der Waals surface area (Å²) < 4.78 is 23.3. The van der Waals surface area contributed by atoms with Gasteiger partial charge in [0.05, 0.1) is 39.9 Å². The molecule has 428 valence electrons. The molecule has 0 aromatic carbocycles. The molecule has 0 saturated heterocycles. The van der Waals surface area contributed by atoms with Gasteiger partial charge in [0.1, 0.15) is 13.2 Å². The van der Waals surface area contributed by atoms with Gasteiger partial charge in [-0.05, 0) is 109 Å². The average Bonchev–Trinajstić information content (AvgIpc) is 3.37. The maximum absolute atomic E-state index is 13.0. The summed E-state index contributed by atoms with van der Waals surface area (Å²) in [4.78, 5) is 25.5. The number of unbranched alkanes of at least 4 members (excludes halogenated alkanes) is 20. The van der Waals surface area contributed by atoms with E-state index in [9.17, 15) is 19.4 Å². The third-order valence-electron chi connectivity index (χ3n) is 12.6. The summed E-state index contributed by atoms with van der Waals surface area (Å²) in [6, 6.07) is -0.917. The summed E-state index contributed by atoms with van der Waals surface area (Å²) in [5.41, 5.74) is 0. The van der Waals surface area contributed by atoms with Crippen LogP contribution in [0.5, 0.6) is 0 Å². The lowest BCUT2D eigenvalue weighted by Crippen LogP contribution is -2.45. The van der Waals surface area contributed by atoms with E-state index in [-0.39, 0.29) is 12.5 Å². The molecular weight excluding hydrogens is 948 g/mol. The molecule has 0 aromatic rings. The molecule has 3 unspecified atom stereocenters. The Balaban J connectivity index is 4.08. The van der Waals surface area contributed by atoms with Crippen molar-refractivity contribution >= 4 is 13.7 Å². The third kappa shape index (κ3) is 58.2. The van der Waals surface area contributed by atoms with Crippen LogP contribution in [0, 0.1) is 0 Å². The molecule has 3 atom stereocenters. The van der Waals surface area contributed by atoms with E-state index < -0.39 is 26.6 Å². The predicted molar refractivity (Wildman–Crippen MR) is 325 cm³/mol. The van der Waals surface area contributed by atoms with Crippen LogP contribution in [0.3, 0.4) is 0 Å². The van der Waals surface area contributed by atoms with Crippen molar-refractivity contribution in [3.05, 3.63) is 134 Å². The SMILES string of the molecule is CC/C=C\C/C=C\C/C=C\C/C=C\C/C=C\C/C=C\C/C=C\C/C=C\CCCCCCCCCCCCCCCCC(=O)NC(COP(=O)([O-])OCC[N+](C)(C)C)C(O)/C=C/CC/C=C/CC/C=C/CCCCCC. The molecule has 0 radical (unpaired) electrons. The average molecular weight is 1060 g/mol. The van der Waals surface area contributed by atoms with Crippen LogP contribution >= 0.6 is 7.82 Å². The molecule has 75 heavy (non-hydrogen) atoms. The lowest BCUT2D eigenvalue weighted by molar-refractivity contribution is -0.870. The zero-order valence-electron chi connectivity index (χ0n) is 48.7. The molecule has 0 spiro atoms. The van der Waals surface area contributed by atoms with Crippen molar-refractivity contribution in [1.29, 1.82) is 0 Å². The van der Waals surface area contributed by atoms with Crippen LogP contribution in [0.4, 0.5) is 0 Å². The monoisotopic (exact) mass is 1060 g/mol. The van der Waals surface area contributed by atoms with Gasteiger partial charge in [-0.25, -0.2) is 0 Å². The van der Waals surface area contributed by atoms with Gasteiger partial charge in [-0.3, -0.25) is 9.36 Å². The molecule has 8 nitrogen and oxygen atoms in total. The second-order valence-electron chi connectivity index (χ2n) is 20.9. The molecule has 2 N–H and O–H groups in total. The summed E-state index contributed by atoms with van der Waals surface area (Å²) in [5, 5.41) is 13.8. The molecule has 0 aliphatic rings. The van der Waals surface area contributed by atoms with Crippen molar-refractivity contribution < 1.29 is 32.9 Å². The van der Waals surface area contributed by atoms with Crippen molar-refractivity contribution in [3.63, 3.8) is 0 Å². The number of nitrogens with one attached hydrogen (secondary N) is 1. The summed E-state index contributed by atoms with van der Waals surface area (Å²) in [7, 11) is 1.22. The van der Waals surface area contributed by atoms with Crippen LogP contribution in [-0.4, -0.2) is 68.5 Å². The second kappa shape index (κ2) is 55.4. The zero-order chi connectivity index (χ0) is 54.9. The highest BCUT2D eigenvalue weighted by Gasteiger charge is 2.23. The minimum Gasteiger partial charge on any atom is -0.756 e. The number of hydrogen-bond acceptors (Lipinski definition) is 6. The van der Waals surface area contributed by atoms with Crippen LogP contribution in [0.15, 0.2) is 134 Å². The molecule has 0 heterocycles. The number of carbonyl (C=O) groups excluding carboxylic acids is 1. The number of hydrogen-bond donors (Lipinski definition) is 2. The van der Waals surface area contributed by atoms with E-state index in [0.717, 1.165) is 103 Å². The Morgan fingerprint density at radius 3 is 1.24 bits per heavy atom. The van der Waals surface area contributed by atoms with Crippen molar-refractivity contribution in [2.45, 2.75) is 238 Å². The molecule has 0 rings (SSSR count). The molecule has 9 heteroatoms. The number of allylic oxidation sites excluding steroid dienone is 21. The molecule has 0 aliphatic heterocycles. The fourth-order valence-corrected chi connectivity index (χ4v) is 8.63. The molecule has 0 aromatic heterocycles. The largest absolute Gasteiger partial charge is 0.756 e. The van der Waals surface area contributed by atoms with Gasteiger partial charge >= 0.3 is 0 Å². The quantitative estimate of drug-likeness (QED) is 0.0272. The van der Waals surface area contributed by atoms with Gasteiger partial charge < -0.3 is 28.8 Å². The van der Waals surface area contributed by atoms with Crippen molar-refractivity contribution in [2.75, 3.05) is 40.9 Å². The first-order valence-electron chi connectivity index (χ1n) is 30.0. The number of phosphoric ester groups is 1. The number of likely N-dealkylation sites (N-methyl/N-ethyl adjacent to an activating group) is 1. The maximum Gasteiger partial charge on any atom is 0.268 e. The molecule has 0 aliphatic carbocycles. The maximum atomic E-state index is 13.0. The summed E-state index contributed by atoms with van der Waals surface area (Å²) in [6.45, 7) is 4.46. The normalized spacial score (nSPS) is 14.8. The number of rotatable bonds is 53. The summed E-state index contributed by atoms with van der Waals surface area (Å²) in [6.07, 6.45) is 84.0. The van der Waals surface area contributed by atoms with E-state index in [1.54, 1.807) is 6.08 Å². The lowest BCUT2D eigenvalue weighted by atomic mass is 10.0. The smallest absolute Gasteiger partial charge is 0.268 e. The van der Waals surface area contributed by atoms with Gasteiger partial charge in [0.15, 0.2) is 0 Å². The standard InChI is InChI=1S/C66H113N2O6P/c1-6-8-10-12-14-16-18-20-22-23-24-25-26-27-28-29-30-31-32-33-34-35-36-37-38-39-40-41-42-43-44-45-46-48-50-52-54-56-58-60-66(70)67-64(63-74-75(71,72)73-62-61-68(3,4)5)65(69)59-57-55-53-51-49-47-21-19-17-15-13-11-9-7-2/h8,10,14,16-17,19-20,22,24-25,27-28,30-31,33-34,36-37,49,51,57,59,64-65,69H,6-7,9,11-13,15,18,21,23,26,29,32,35,38-48,50,52-56,58,60-63H2,1-5H3,(H-,67,70,71,72)/b10-8-,16-14-,19-17+,22-20-,25-24-,28-27-,31-30-,34-33-,37-36-,51-49+,59-57+. The van der Waals surface area contributed by atoms with E-state index in [2.05, 4.69) is 141 Å². The highest BCUT2D eigenvalue weighted by atomic mass is 31.2. The number of phosphoric acid groups is 1. The van der Waals surface area contributed by atoms with Gasteiger partial charge in [0.25, 0.3) is 7.82 Å². The van der Waals surface area contributed by atoms with E-state index in [0.29, 0.717) is 17.4 Å². The molecule has 0 bridgehead atoms. The number of nitrogens with zero attached hydrogens (tertiary/aromatic N) is 1. The van der Waals surface area contributed by atoms with Gasteiger partial charge in [-0.1, -0.05) is 244 Å². The highest BCUT2D eigenvalue weighted by molar-refractivity contribution is 7.45. The van der Waals surface area contributed by atoms with Crippen molar-refractivity contribution in [1.82, 2.24) is 5.32 Å².